The molecular formula is C15H20N4O3S2. The van der Waals surface area contributed by atoms with Crippen LogP contribution in [0.4, 0.5) is 10.8 Å². The summed E-state index contributed by atoms with van der Waals surface area (Å²) in [6.07, 6.45) is 0. The van der Waals surface area contributed by atoms with E-state index in [4.69, 9.17) is 9.47 Å². The summed E-state index contributed by atoms with van der Waals surface area (Å²) in [4.78, 5) is 11.9. The molecule has 2 rings (SSSR count). The van der Waals surface area contributed by atoms with Gasteiger partial charge >= 0.3 is 0 Å². The molecule has 0 aliphatic carbocycles. The summed E-state index contributed by atoms with van der Waals surface area (Å²) < 4.78 is 10.8. The normalized spacial score (nSPS) is 11.8. The number of hydrogen-bond acceptors (Lipinski definition) is 8. The van der Waals surface area contributed by atoms with Gasteiger partial charge in [-0.2, -0.15) is 0 Å². The first kappa shape index (κ1) is 18.5. The first-order chi connectivity index (χ1) is 11.6. The first-order valence-electron chi connectivity index (χ1n) is 7.30. The third-order valence-electron chi connectivity index (χ3n) is 3.00. The van der Waals surface area contributed by atoms with Crippen LogP contribution >= 0.6 is 23.1 Å². The molecule has 0 bridgehead atoms. The van der Waals surface area contributed by atoms with E-state index < -0.39 is 0 Å². The van der Waals surface area contributed by atoms with Crippen LogP contribution in [0.3, 0.4) is 0 Å². The zero-order valence-corrected chi connectivity index (χ0v) is 15.4. The number of benzene rings is 1. The summed E-state index contributed by atoms with van der Waals surface area (Å²) >= 11 is 2.78. The quantitative estimate of drug-likeness (QED) is 0.520. The Balaban J connectivity index is 1.86. The average Bonchev–Trinajstić information content (AvgIpc) is 3.02. The van der Waals surface area contributed by atoms with Crippen LogP contribution in [0.5, 0.6) is 5.75 Å². The van der Waals surface area contributed by atoms with Crippen molar-refractivity contribution < 1.29 is 14.3 Å². The molecule has 1 aromatic heterocycles. The second-order valence-corrected chi connectivity index (χ2v) is 7.34. The summed E-state index contributed by atoms with van der Waals surface area (Å²) in [6, 6.07) is 7.54. The van der Waals surface area contributed by atoms with Crippen molar-refractivity contribution >= 4 is 39.8 Å². The smallest absolute Gasteiger partial charge is 0.233 e. The number of carbonyl (C=O) groups excluding carboxylic acids is 1. The van der Waals surface area contributed by atoms with Gasteiger partial charge in [0.15, 0.2) is 4.34 Å². The van der Waals surface area contributed by atoms with Crippen LogP contribution in [-0.2, 0) is 9.53 Å². The van der Waals surface area contributed by atoms with Gasteiger partial charge in [0.1, 0.15) is 5.75 Å². The number of rotatable bonds is 9. The van der Waals surface area contributed by atoms with Crippen LogP contribution in [0.2, 0.25) is 0 Å². The molecule has 7 nitrogen and oxygen atoms in total. The highest BCUT2D eigenvalue weighted by Gasteiger charge is 2.16. The van der Waals surface area contributed by atoms with Gasteiger partial charge in [0.05, 0.1) is 19.0 Å². The van der Waals surface area contributed by atoms with Gasteiger partial charge in [0, 0.05) is 19.3 Å². The maximum atomic E-state index is 11.9. The zero-order valence-electron chi connectivity index (χ0n) is 13.7. The van der Waals surface area contributed by atoms with E-state index in [1.54, 1.807) is 14.2 Å². The van der Waals surface area contributed by atoms with Crippen molar-refractivity contribution in [3.63, 3.8) is 0 Å². The molecule has 0 spiro atoms. The largest absolute Gasteiger partial charge is 0.497 e. The van der Waals surface area contributed by atoms with Crippen molar-refractivity contribution in [2.24, 2.45) is 0 Å². The first-order valence-corrected chi connectivity index (χ1v) is 9.00. The minimum absolute atomic E-state index is 0.0445. The minimum atomic E-state index is -0.247. The molecule has 2 N–H and O–H groups in total. The number of nitrogens with one attached hydrogen (secondary N) is 2. The van der Waals surface area contributed by atoms with Crippen LogP contribution in [-0.4, -0.2) is 48.7 Å². The topological polar surface area (TPSA) is 85.4 Å². The Morgan fingerprint density at radius 1 is 1.29 bits per heavy atom. The summed E-state index contributed by atoms with van der Waals surface area (Å²) in [7, 11) is 3.23. The number of amides is 1. The molecule has 0 unspecified atom stereocenters. The number of thioether (sulfide) groups is 1. The van der Waals surface area contributed by atoms with Crippen LogP contribution in [0.25, 0.3) is 0 Å². The van der Waals surface area contributed by atoms with Gasteiger partial charge in [-0.3, -0.25) is 4.79 Å². The molecule has 9 heteroatoms. The van der Waals surface area contributed by atoms with E-state index in [9.17, 15) is 4.79 Å². The minimum Gasteiger partial charge on any atom is -0.497 e. The van der Waals surface area contributed by atoms with Gasteiger partial charge in [-0.1, -0.05) is 23.1 Å². The van der Waals surface area contributed by atoms with E-state index in [0.29, 0.717) is 18.3 Å². The maximum Gasteiger partial charge on any atom is 0.233 e. The summed E-state index contributed by atoms with van der Waals surface area (Å²) in [5.74, 6) is 0.749. The Kier molecular flexibility index (Phi) is 7.29. The molecule has 1 atom stereocenters. The van der Waals surface area contributed by atoms with E-state index in [2.05, 4.69) is 20.8 Å². The number of carbonyl (C=O) groups is 1. The van der Waals surface area contributed by atoms with E-state index >= 15 is 0 Å². The Hall–Kier alpha value is -1.84. The molecule has 0 saturated heterocycles. The Morgan fingerprint density at radius 2 is 2.04 bits per heavy atom. The molecule has 130 valence electrons. The van der Waals surface area contributed by atoms with Gasteiger partial charge in [-0.05, 0) is 31.2 Å². The molecule has 1 amide bonds. The maximum absolute atomic E-state index is 11.9. The van der Waals surface area contributed by atoms with Crippen LogP contribution in [0, 0.1) is 0 Å². The molecule has 0 radical (unpaired) electrons. The number of hydrogen-bond donors (Lipinski definition) is 2. The third-order valence-corrected chi connectivity index (χ3v) is 5.02. The van der Waals surface area contributed by atoms with Gasteiger partial charge in [-0.15, -0.1) is 10.2 Å². The molecule has 0 fully saturated rings. The van der Waals surface area contributed by atoms with Gasteiger partial charge in [0.2, 0.25) is 11.0 Å². The molecule has 0 saturated carbocycles. The Bertz CT molecular complexity index is 648. The van der Waals surface area contributed by atoms with Crippen LogP contribution in [0.1, 0.15) is 6.92 Å². The van der Waals surface area contributed by atoms with E-state index in [1.807, 2.05) is 31.2 Å². The van der Waals surface area contributed by atoms with Crippen molar-refractivity contribution in [3.8, 4) is 5.75 Å². The molecular weight excluding hydrogens is 348 g/mol. The predicted octanol–water partition coefficient (Wildman–Crippen LogP) is 2.53. The number of nitrogens with zero attached hydrogens (tertiary/aromatic N) is 2. The van der Waals surface area contributed by atoms with Crippen molar-refractivity contribution in [3.05, 3.63) is 24.3 Å². The lowest BCUT2D eigenvalue weighted by molar-refractivity contribution is -0.120. The highest BCUT2D eigenvalue weighted by molar-refractivity contribution is 8.02. The zero-order chi connectivity index (χ0) is 17.4. The fourth-order valence-electron chi connectivity index (χ4n) is 1.73. The molecule has 0 aliphatic rings. The van der Waals surface area contributed by atoms with Crippen molar-refractivity contribution in [2.75, 3.05) is 32.7 Å². The van der Waals surface area contributed by atoms with Crippen molar-refractivity contribution in [1.29, 1.82) is 0 Å². The van der Waals surface area contributed by atoms with E-state index in [1.165, 1.54) is 23.1 Å². The number of anilines is 2. The van der Waals surface area contributed by atoms with Crippen molar-refractivity contribution in [1.82, 2.24) is 15.5 Å². The highest BCUT2D eigenvalue weighted by Crippen LogP contribution is 2.30. The second-order valence-electron chi connectivity index (χ2n) is 4.77. The highest BCUT2D eigenvalue weighted by atomic mass is 32.2. The molecule has 1 heterocycles. The number of ether oxygens (including phenoxy) is 2. The molecule has 2 aromatic rings. The fraction of sp³-hybridized carbons (Fsp3) is 0.400. The lowest BCUT2D eigenvalue weighted by Gasteiger charge is -2.09. The average molecular weight is 368 g/mol. The number of aromatic nitrogens is 2. The van der Waals surface area contributed by atoms with Crippen LogP contribution in [0.15, 0.2) is 28.6 Å². The third kappa shape index (κ3) is 5.66. The Labute approximate surface area is 149 Å². The molecule has 0 aliphatic heterocycles. The van der Waals surface area contributed by atoms with Gasteiger partial charge in [0.25, 0.3) is 0 Å². The fourth-order valence-corrected chi connectivity index (χ4v) is 3.67. The van der Waals surface area contributed by atoms with E-state index in [0.717, 1.165) is 15.8 Å². The van der Waals surface area contributed by atoms with Crippen LogP contribution < -0.4 is 15.4 Å². The van der Waals surface area contributed by atoms with E-state index in [-0.39, 0.29) is 11.2 Å². The number of methoxy groups -OCH3 is 2. The summed E-state index contributed by atoms with van der Waals surface area (Å²) in [6.45, 7) is 2.84. The molecule has 1 aromatic carbocycles. The summed E-state index contributed by atoms with van der Waals surface area (Å²) in [5, 5.41) is 14.6. The monoisotopic (exact) mass is 368 g/mol. The Morgan fingerprint density at radius 3 is 2.71 bits per heavy atom. The van der Waals surface area contributed by atoms with Gasteiger partial charge in [-0.25, -0.2) is 0 Å². The second kappa shape index (κ2) is 9.45. The summed E-state index contributed by atoms with van der Waals surface area (Å²) in [5.41, 5.74) is 0.897. The standard InChI is InChI=1S/C15H20N4O3S2/c1-10(13(20)16-8-9-21-2)23-15-19-18-14(24-15)17-11-4-6-12(22-3)7-5-11/h4-7,10H,8-9H2,1-3H3,(H,16,20)(H,17,18)/t10-/m1/s1. The lowest BCUT2D eigenvalue weighted by atomic mass is 10.3. The lowest BCUT2D eigenvalue weighted by Crippen LogP contribution is -2.33. The molecule has 24 heavy (non-hydrogen) atoms. The SMILES string of the molecule is COCCNC(=O)[C@@H](C)Sc1nnc(Nc2ccc(OC)cc2)s1. The van der Waals surface area contributed by atoms with Crippen molar-refractivity contribution in [2.45, 2.75) is 16.5 Å². The predicted molar refractivity (Wildman–Crippen MR) is 96.4 cm³/mol. The van der Waals surface area contributed by atoms with Gasteiger partial charge < -0.3 is 20.1 Å².